The number of hydrogen-bond donors (Lipinski definition) is 1. The summed E-state index contributed by atoms with van der Waals surface area (Å²) in [7, 11) is 1.66. The molecule has 1 N–H and O–H groups in total. The second-order valence-electron chi connectivity index (χ2n) is 9.62. The summed E-state index contributed by atoms with van der Waals surface area (Å²) in [5.74, 6) is 1.59. The molecule has 0 saturated carbocycles. The van der Waals surface area contributed by atoms with Gasteiger partial charge in [0.25, 0.3) is 5.56 Å². The average Bonchev–Trinajstić information content (AvgIpc) is 3.58. The molecule has 0 fully saturated rings. The highest BCUT2D eigenvalue weighted by molar-refractivity contribution is 7.09. The minimum absolute atomic E-state index is 0.0617. The van der Waals surface area contributed by atoms with Gasteiger partial charge in [-0.2, -0.15) is 0 Å². The molecular formula is C29H32N6O2S. The third-order valence-corrected chi connectivity index (χ3v) is 7.72. The van der Waals surface area contributed by atoms with Crippen molar-refractivity contribution in [1.82, 2.24) is 30.1 Å². The first-order valence-electron chi connectivity index (χ1n) is 12.7. The topological polar surface area (TPSA) is 88.9 Å². The van der Waals surface area contributed by atoms with Crippen molar-refractivity contribution in [2.24, 2.45) is 0 Å². The van der Waals surface area contributed by atoms with Crippen molar-refractivity contribution in [2.75, 3.05) is 7.11 Å². The Morgan fingerprint density at radius 2 is 1.92 bits per heavy atom. The Hall–Kier alpha value is -3.82. The van der Waals surface area contributed by atoms with E-state index in [1.54, 1.807) is 18.4 Å². The number of H-pyrrole nitrogens is 1. The van der Waals surface area contributed by atoms with Crippen LogP contribution in [0.2, 0.25) is 0 Å². The van der Waals surface area contributed by atoms with E-state index in [0.29, 0.717) is 19.6 Å². The SMILES string of the molecule is CCC(c1nnnn1Cc1ccc(OC)cc1)N(Cc1cccs1)Cc1cc2cc(C)cc(C)c2[nH]c1=O. The van der Waals surface area contributed by atoms with E-state index in [2.05, 4.69) is 68.9 Å². The molecule has 0 radical (unpaired) electrons. The van der Waals surface area contributed by atoms with Crippen molar-refractivity contribution in [3.8, 4) is 5.75 Å². The second kappa shape index (κ2) is 11.3. The first-order valence-corrected chi connectivity index (χ1v) is 13.6. The molecule has 2 aromatic carbocycles. The van der Waals surface area contributed by atoms with Gasteiger partial charge in [0.1, 0.15) is 5.75 Å². The molecule has 3 aromatic heterocycles. The fraction of sp³-hybridized carbons (Fsp3) is 0.310. The van der Waals surface area contributed by atoms with Crippen molar-refractivity contribution in [2.45, 2.75) is 52.9 Å². The fourth-order valence-corrected chi connectivity index (χ4v) is 5.75. The van der Waals surface area contributed by atoms with Gasteiger partial charge in [-0.3, -0.25) is 9.69 Å². The first kappa shape index (κ1) is 25.8. The maximum atomic E-state index is 13.2. The third kappa shape index (κ3) is 5.54. The Bertz CT molecular complexity index is 1570. The number of methoxy groups -OCH3 is 1. The van der Waals surface area contributed by atoms with E-state index >= 15 is 0 Å². The summed E-state index contributed by atoms with van der Waals surface area (Å²) >= 11 is 1.71. The van der Waals surface area contributed by atoms with Gasteiger partial charge in [0.05, 0.1) is 25.2 Å². The number of ether oxygens (including phenoxy) is 1. The summed E-state index contributed by atoms with van der Waals surface area (Å²) in [6, 6.07) is 18.3. The minimum atomic E-state index is -0.0836. The molecule has 0 amide bonds. The molecule has 5 aromatic rings. The van der Waals surface area contributed by atoms with E-state index in [0.717, 1.165) is 45.6 Å². The van der Waals surface area contributed by atoms with Crippen molar-refractivity contribution < 1.29 is 4.74 Å². The van der Waals surface area contributed by atoms with E-state index in [1.165, 1.54) is 10.4 Å². The van der Waals surface area contributed by atoms with Crippen LogP contribution in [0, 0.1) is 13.8 Å². The number of tetrazole rings is 1. The van der Waals surface area contributed by atoms with Gasteiger partial charge in [0.15, 0.2) is 5.82 Å². The highest BCUT2D eigenvalue weighted by Crippen LogP contribution is 2.28. The Balaban J connectivity index is 1.50. The summed E-state index contributed by atoms with van der Waals surface area (Å²) in [6.07, 6.45) is 0.790. The van der Waals surface area contributed by atoms with Gasteiger partial charge in [-0.25, -0.2) is 4.68 Å². The smallest absolute Gasteiger partial charge is 0.252 e. The van der Waals surface area contributed by atoms with Gasteiger partial charge in [-0.1, -0.05) is 36.8 Å². The van der Waals surface area contributed by atoms with Crippen LogP contribution in [0.25, 0.3) is 10.9 Å². The summed E-state index contributed by atoms with van der Waals surface area (Å²) in [5.41, 5.74) is 4.89. The molecule has 9 heteroatoms. The number of aryl methyl sites for hydroxylation is 2. The molecule has 5 rings (SSSR count). The predicted molar refractivity (Wildman–Crippen MR) is 151 cm³/mol. The monoisotopic (exact) mass is 528 g/mol. The number of benzene rings is 2. The summed E-state index contributed by atoms with van der Waals surface area (Å²) in [5, 5.41) is 15.9. The number of nitrogens with zero attached hydrogens (tertiary/aromatic N) is 5. The highest BCUT2D eigenvalue weighted by Gasteiger charge is 2.26. The average molecular weight is 529 g/mol. The Morgan fingerprint density at radius 1 is 1.11 bits per heavy atom. The van der Waals surface area contributed by atoms with Gasteiger partial charge in [0, 0.05) is 23.5 Å². The molecule has 196 valence electrons. The molecular weight excluding hydrogens is 496 g/mol. The number of rotatable bonds is 10. The number of hydrogen-bond acceptors (Lipinski definition) is 7. The first-order chi connectivity index (χ1) is 18.4. The fourth-order valence-electron chi connectivity index (χ4n) is 5.02. The number of thiophene rings is 1. The van der Waals surface area contributed by atoms with Crippen molar-refractivity contribution in [3.05, 3.63) is 103 Å². The third-order valence-electron chi connectivity index (χ3n) is 6.86. The van der Waals surface area contributed by atoms with E-state index in [9.17, 15) is 4.79 Å². The van der Waals surface area contributed by atoms with Crippen molar-refractivity contribution >= 4 is 22.2 Å². The van der Waals surface area contributed by atoms with Crippen LogP contribution >= 0.6 is 11.3 Å². The zero-order chi connectivity index (χ0) is 26.6. The molecule has 1 atom stereocenters. The van der Waals surface area contributed by atoms with Crippen LogP contribution in [-0.2, 0) is 19.6 Å². The van der Waals surface area contributed by atoms with Crippen LogP contribution in [0.3, 0.4) is 0 Å². The van der Waals surface area contributed by atoms with E-state index in [1.807, 2.05) is 41.9 Å². The summed E-state index contributed by atoms with van der Waals surface area (Å²) in [6.45, 7) is 7.96. The molecule has 0 aliphatic heterocycles. The van der Waals surface area contributed by atoms with E-state index in [-0.39, 0.29) is 11.6 Å². The van der Waals surface area contributed by atoms with E-state index in [4.69, 9.17) is 4.74 Å². The van der Waals surface area contributed by atoms with Gasteiger partial charge in [-0.15, -0.1) is 16.4 Å². The quantitative estimate of drug-likeness (QED) is 0.261. The molecule has 0 bridgehead atoms. The number of nitrogens with one attached hydrogen (secondary N) is 1. The van der Waals surface area contributed by atoms with Crippen LogP contribution in [-0.4, -0.2) is 37.2 Å². The lowest BCUT2D eigenvalue weighted by atomic mass is 10.0. The van der Waals surface area contributed by atoms with Gasteiger partial charge in [0.2, 0.25) is 0 Å². The van der Waals surface area contributed by atoms with Crippen LogP contribution < -0.4 is 10.3 Å². The number of pyridine rings is 1. The normalized spacial score (nSPS) is 12.3. The highest BCUT2D eigenvalue weighted by atomic mass is 32.1. The van der Waals surface area contributed by atoms with Crippen LogP contribution in [0.1, 0.15) is 52.3 Å². The molecule has 0 spiro atoms. The Kier molecular flexibility index (Phi) is 7.67. The van der Waals surface area contributed by atoms with Crippen molar-refractivity contribution in [3.63, 3.8) is 0 Å². The lowest BCUT2D eigenvalue weighted by molar-refractivity contribution is 0.163. The number of fused-ring (bicyclic) bond motifs is 1. The lowest BCUT2D eigenvalue weighted by Gasteiger charge is -2.30. The predicted octanol–water partition coefficient (Wildman–Crippen LogP) is 5.40. The lowest BCUT2D eigenvalue weighted by Crippen LogP contribution is -2.32. The molecule has 0 aliphatic carbocycles. The summed E-state index contributed by atoms with van der Waals surface area (Å²) < 4.78 is 7.15. The van der Waals surface area contributed by atoms with Gasteiger partial charge in [-0.05, 0) is 82.9 Å². The number of aromatic nitrogens is 5. The summed E-state index contributed by atoms with van der Waals surface area (Å²) in [4.78, 5) is 19.9. The molecule has 8 nitrogen and oxygen atoms in total. The van der Waals surface area contributed by atoms with Crippen LogP contribution in [0.5, 0.6) is 5.75 Å². The molecule has 1 unspecified atom stereocenters. The molecule has 0 aliphatic rings. The Morgan fingerprint density at radius 3 is 2.63 bits per heavy atom. The molecule has 3 heterocycles. The van der Waals surface area contributed by atoms with Crippen LogP contribution in [0.4, 0.5) is 0 Å². The molecule has 38 heavy (non-hydrogen) atoms. The zero-order valence-corrected chi connectivity index (χ0v) is 23.0. The van der Waals surface area contributed by atoms with Crippen LogP contribution in [0.15, 0.2) is 64.8 Å². The molecule has 0 saturated heterocycles. The van der Waals surface area contributed by atoms with Crippen molar-refractivity contribution in [1.29, 1.82) is 0 Å². The maximum Gasteiger partial charge on any atom is 0.252 e. The standard InChI is InChI=1S/C29H32N6O2S/c1-5-26(28-31-32-33-35(28)16-21-8-10-24(37-4)11-9-21)34(18-25-7-6-12-38-25)17-23-15-22-14-19(2)13-20(3)27(22)30-29(23)36/h6-15,26H,5,16-18H2,1-4H3,(H,30,36). The van der Waals surface area contributed by atoms with Gasteiger partial charge >= 0.3 is 0 Å². The second-order valence-corrected chi connectivity index (χ2v) is 10.7. The number of aromatic amines is 1. The van der Waals surface area contributed by atoms with Gasteiger partial charge < -0.3 is 9.72 Å². The zero-order valence-electron chi connectivity index (χ0n) is 22.1. The van der Waals surface area contributed by atoms with E-state index < -0.39 is 0 Å². The minimum Gasteiger partial charge on any atom is -0.497 e. The largest absolute Gasteiger partial charge is 0.497 e. The Labute approximate surface area is 225 Å². The maximum absolute atomic E-state index is 13.2.